The molecule has 4 rings (SSSR count). The Balaban J connectivity index is 1.92. The number of aromatic nitrogens is 1. The lowest BCUT2D eigenvalue weighted by atomic mass is 9.86. The van der Waals surface area contributed by atoms with Gasteiger partial charge >= 0.3 is 0 Å². The molecule has 1 aliphatic carbocycles. The van der Waals surface area contributed by atoms with Crippen LogP contribution in [0, 0.1) is 11.3 Å². The van der Waals surface area contributed by atoms with Gasteiger partial charge in [-0.15, -0.1) is 0 Å². The number of nitrogens with zero attached hydrogens (tertiary/aromatic N) is 3. The van der Waals surface area contributed by atoms with E-state index in [0.29, 0.717) is 0 Å². The fraction of sp³-hybridized carbons (Fsp3) is 0.429. The number of hydrogen-bond acceptors (Lipinski definition) is 3. The summed E-state index contributed by atoms with van der Waals surface area (Å²) in [6, 6.07) is 12.7. The minimum atomic E-state index is 0.802. The Labute approximate surface area is 143 Å². The summed E-state index contributed by atoms with van der Waals surface area (Å²) in [7, 11) is 0. The molecule has 0 bridgehead atoms. The lowest BCUT2D eigenvalue weighted by molar-refractivity contribution is 0.568. The van der Waals surface area contributed by atoms with Gasteiger partial charge in [0.05, 0.1) is 11.3 Å². The molecule has 0 unspecified atom stereocenters. The number of rotatable bonds is 2. The van der Waals surface area contributed by atoms with Crippen molar-refractivity contribution in [2.75, 3.05) is 18.0 Å². The van der Waals surface area contributed by atoms with Crippen LogP contribution < -0.4 is 4.90 Å². The average Bonchev–Trinajstić information content (AvgIpc) is 2.68. The molecule has 0 spiro atoms. The molecule has 24 heavy (non-hydrogen) atoms. The molecule has 3 nitrogen and oxygen atoms in total. The molecule has 1 aromatic carbocycles. The smallest absolute Gasteiger partial charge is 0.132 e. The van der Waals surface area contributed by atoms with E-state index in [1.54, 1.807) is 0 Å². The second kappa shape index (κ2) is 6.65. The van der Waals surface area contributed by atoms with Gasteiger partial charge in [-0.2, -0.15) is 5.26 Å². The van der Waals surface area contributed by atoms with Crippen molar-refractivity contribution in [3.63, 3.8) is 0 Å². The van der Waals surface area contributed by atoms with Gasteiger partial charge in [0.25, 0.3) is 0 Å². The van der Waals surface area contributed by atoms with Crippen molar-refractivity contribution in [1.82, 2.24) is 4.98 Å². The van der Waals surface area contributed by atoms with Crippen LogP contribution in [-0.4, -0.2) is 18.1 Å². The molecule has 2 aromatic rings. The van der Waals surface area contributed by atoms with Gasteiger partial charge in [-0.3, -0.25) is 0 Å². The highest BCUT2D eigenvalue weighted by atomic mass is 15.2. The molecule has 122 valence electrons. The zero-order chi connectivity index (χ0) is 16.4. The van der Waals surface area contributed by atoms with Gasteiger partial charge in [0.2, 0.25) is 0 Å². The van der Waals surface area contributed by atoms with E-state index in [0.717, 1.165) is 48.6 Å². The van der Waals surface area contributed by atoms with Gasteiger partial charge in [-0.1, -0.05) is 30.3 Å². The lowest BCUT2D eigenvalue weighted by Gasteiger charge is -2.32. The molecular weight excluding hydrogens is 294 g/mol. The summed E-state index contributed by atoms with van der Waals surface area (Å²) in [4.78, 5) is 7.51. The minimum Gasteiger partial charge on any atom is -0.356 e. The van der Waals surface area contributed by atoms with E-state index in [1.807, 2.05) is 18.2 Å². The van der Waals surface area contributed by atoms with Crippen LogP contribution in [0.25, 0.3) is 11.3 Å². The summed E-state index contributed by atoms with van der Waals surface area (Å²) in [6.07, 6.45) is 8.29. The van der Waals surface area contributed by atoms with Gasteiger partial charge in [-0.25, -0.2) is 4.98 Å². The fourth-order valence-electron chi connectivity index (χ4n) is 4.09. The Kier molecular flexibility index (Phi) is 4.21. The highest BCUT2D eigenvalue weighted by molar-refractivity contribution is 5.73. The fourth-order valence-corrected chi connectivity index (χ4v) is 4.09. The molecule has 0 atom stereocenters. The van der Waals surface area contributed by atoms with Crippen LogP contribution in [0.2, 0.25) is 0 Å². The lowest BCUT2D eigenvalue weighted by Crippen LogP contribution is -2.32. The molecule has 2 aliphatic rings. The number of nitriles is 1. The summed E-state index contributed by atoms with van der Waals surface area (Å²) < 4.78 is 0. The summed E-state index contributed by atoms with van der Waals surface area (Å²) in [5.41, 5.74) is 5.34. The van der Waals surface area contributed by atoms with Crippen molar-refractivity contribution < 1.29 is 0 Å². The Hall–Kier alpha value is -2.34. The third-order valence-electron chi connectivity index (χ3n) is 5.31. The number of benzene rings is 1. The van der Waals surface area contributed by atoms with Crippen molar-refractivity contribution in [3.8, 4) is 17.3 Å². The first-order valence-corrected chi connectivity index (χ1v) is 9.14. The van der Waals surface area contributed by atoms with Crippen LogP contribution in [-0.2, 0) is 12.8 Å². The monoisotopic (exact) mass is 317 g/mol. The summed E-state index contributed by atoms with van der Waals surface area (Å²) >= 11 is 0. The first-order chi connectivity index (χ1) is 11.9. The maximum Gasteiger partial charge on any atom is 0.132 e. The molecule has 0 amide bonds. The molecule has 0 N–H and O–H groups in total. The second-order valence-corrected chi connectivity index (χ2v) is 6.85. The van der Waals surface area contributed by atoms with Crippen molar-refractivity contribution in [2.24, 2.45) is 0 Å². The normalized spacial score (nSPS) is 17.2. The largest absolute Gasteiger partial charge is 0.356 e. The van der Waals surface area contributed by atoms with E-state index in [4.69, 9.17) is 4.98 Å². The molecule has 1 aromatic heterocycles. The molecule has 0 saturated carbocycles. The van der Waals surface area contributed by atoms with E-state index in [9.17, 15) is 5.26 Å². The standard InChI is InChI=1S/C21H23N3/c22-15-19-17-11-5-6-12-18(17)21(24-13-7-2-8-14-24)23-20(19)16-9-3-1-4-10-16/h1,3-4,9-10H,2,5-8,11-14H2. The number of fused-ring (bicyclic) bond motifs is 1. The van der Waals surface area contributed by atoms with Gasteiger partial charge in [-0.05, 0) is 56.1 Å². The molecule has 2 heterocycles. The zero-order valence-electron chi connectivity index (χ0n) is 14.1. The number of hydrogen-bond donors (Lipinski definition) is 0. The highest BCUT2D eigenvalue weighted by Gasteiger charge is 2.26. The minimum absolute atomic E-state index is 0.802. The predicted molar refractivity (Wildman–Crippen MR) is 97.1 cm³/mol. The molecule has 0 radical (unpaired) electrons. The Morgan fingerprint density at radius 2 is 1.58 bits per heavy atom. The number of piperidine rings is 1. The summed E-state index contributed by atoms with van der Waals surface area (Å²) in [5, 5.41) is 9.83. The van der Waals surface area contributed by atoms with E-state index in [-0.39, 0.29) is 0 Å². The predicted octanol–water partition coefficient (Wildman–Crippen LogP) is 4.49. The Bertz CT molecular complexity index is 768. The van der Waals surface area contributed by atoms with Gasteiger partial charge < -0.3 is 4.90 Å². The van der Waals surface area contributed by atoms with Crippen LogP contribution in [0.5, 0.6) is 0 Å². The first kappa shape index (κ1) is 15.2. The van der Waals surface area contributed by atoms with Crippen molar-refractivity contribution in [1.29, 1.82) is 5.26 Å². The van der Waals surface area contributed by atoms with Gasteiger partial charge in [0.15, 0.2) is 0 Å². The molecular formula is C21H23N3. The van der Waals surface area contributed by atoms with Crippen LogP contribution in [0.4, 0.5) is 5.82 Å². The summed E-state index contributed by atoms with van der Waals surface area (Å²) in [5.74, 6) is 1.15. The maximum atomic E-state index is 9.83. The van der Waals surface area contributed by atoms with Crippen molar-refractivity contribution in [2.45, 2.75) is 44.9 Å². The molecule has 3 heteroatoms. The SMILES string of the molecule is N#Cc1c(-c2ccccc2)nc(N2CCCCC2)c2c1CCCC2. The van der Waals surface area contributed by atoms with Gasteiger partial charge in [0, 0.05) is 18.7 Å². The van der Waals surface area contributed by atoms with E-state index in [2.05, 4.69) is 23.1 Å². The zero-order valence-corrected chi connectivity index (χ0v) is 14.1. The third-order valence-corrected chi connectivity index (χ3v) is 5.31. The van der Waals surface area contributed by atoms with Crippen LogP contribution in [0.1, 0.15) is 48.8 Å². The van der Waals surface area contributed by atoms with Crippen LogP contribution in [0.15, 0.2) is 30.3 Å². The van der Waals surface area contributed by atoms with E-state index >= 15 is 0 Å². The average molecular weight is 317 g/mol. The van der Waals surface area contributed by atoms with Gasteiger partial charge in [0.1, 0.15) is 11.9 Å². The third kappa shape index (κ3) is 2.67. The highest BCUT2D eigenvalue weighted by Crippen LogP contribution is 2.37. The second-order valence-electron chi connectivity index (χ2n) is 6.85. The molecule has 1 fully saturated rings. The van der Waals surface area contributed by atoms with Crippen molar-refractivity contribution >= 4 is 5.82 Å². The van der Waals surface area contributed by atoms with Crippen LogP contribution >= 0.6 is 0 Å². The number of anilines is 1. The quantitative estimate of drug-likeness (QED) is 0.819. The molecule has 1 aliphatic heterocycles. The molecule has 1 saturated heterocycles. The maximum absolute atomic E-state index is 9.83. The topological polar surface area (TPSA) is 39.9 Å². The van der Waals surface area contributed by atoms with E-state index in [1.165, 1.54) is 43.2 Å². The van der Waals surface area contributed by atoms with Crippen molar-refractivity contribution in [3.05, 3.63) is 47.0 Å². The van der Waals surface area contributed by atoms with E-state index < -0.39 is 0 Å². The number of pyridine rings is 1. The Morgan fingerprint density at radius 1 is 0.875 bits per heavy atom. The first-order valence-electron chi connectivity index (χ1n) is 9.14. The Morgan fingerprint density at radius 3 is 2.29 bits per heavy atom. The summed E-state index contributed by atoms with van der Waals surface area (Å²) in [6.45, 7) is 2.19. The van der Waals surface area contributed by atoms with Crippen LogP contribution in [0.3, 0.4) is 0 Å².